The number of piperazine rings is 1. The minimum Gasteiger partial charge on any atom is -0.369 e. The first-order valence-corrected chi connectivity index (χ1v) is 11.5. The summed E-state index contributed by atoms with van der Waals surface area (Å²) >= 11 is 0. The third-order valence-corrected chi connectivity index (χ3v) is 6.48. The van der Waals surface area contributed by atoms with E-state index in [0.29, 0.717) is 0 Å². The summed E-state index contributed by atoms with van der Waals surface area (Å²) in [7, 11) is 4.10. The largest absolute Gasteiger partial charge is 0.369 e. The zero-order valence-corrected chi connectivity index (χ0v) is 19.3. The molecule has 0 amide bonds. The molecule has 0 spiro atoms. The quantitative estimate of drug-likeness (QED) is 0.376. The van der Waals surface area contributed by atoms with E-state index in [9.17, 15) is 0 Å². The van der Waals surface area contributed by atoms with Gasteiger partial charge in [0.15, 0.2) is 11.5 Å². The summed E-state index contributed by atoms with van der Waals surface area (Å²) in [4.78, 5) is 22.1. The second-order valence-electron chi connectivity index (χ2n) is 8.88. The SMILES string of the molecule is CNCc1cncc(-c2cnc3[nH]nc(-c4nc5cc(N6CCN(C)CC6)ccc5[nH]4)c3c2)c1. The predicted octanol–water partition coefficient (Wildman–Crippen LogP) is 3.03. The maximum atomic E-state index is 4.89. The molecule has 1 aliphatic rings. The summed E-state index contributed by atoms with van der Waals surface area (Å²) in [6.07, 6.45) is 5.59. The molecule has 172 valence electrons. The van der Waals surface area contributed by atoms with Crippen LogP contribution in [-0.4, -0.2) is 75.3 Å². The number of fused-ring (bicyclic) bond motifs is 2. The van der Waals surface area contributed by atoms with Crippen molar-refractivity contribution in [1.82, 2.24) is 40.3 Å². The second-order valence-corrected chi connectivity index (χ2v) is 8.88. The lowest BCUT2D eigenvalue weighted by atomic mass is 10.1. The first-order chi connectivity index (χ1) is 16.7. The van der Waals surface area contributed by atoms with Crippen LogP contribution >= 0.6 is 0 Å². The molecule has 1 fully saturated rings. The average molecular weight is 454 g/mol. The van der Waals surface area contributed by atoms with Crippen molar-refractivity contribution in [1.29, 1.82) is 0 Å². The van der Waals surface area contributed by atoms with Crippen LogP contribution in [0, 0.1) is 0 Å². The van der Waals surface area contributed by atoms with Gasteiger partial charge in [-0.25, -0.2) is 9.97 Å². The Hall–Kier alpha value is -3.82. The van der Waals surface area contributed by atoms with E-state index in [2.05, 4.69) is 77.6 Å². The summed E-state index contributed by atoms with van der Waals surface area (Å²) in [6, 6.07) is 10.7. The van der Waals surface area contributed by atoms with Gasteiger partial charge in [-0.1, -0.05) is 0 Å². The maximum absolute atomic E-state index is 4.89. The summed E-state index contributed by atoms with van der Waals surface area (Å²) in [6.45, 7) is 4.98. The lowest BCUT2D eigenvalue weighted by molar-refractivity contribution is 0.313. The molecule has 0 aliphatic carbocycles. The molecule has 1 aromatic carbocycles. The number of hydrogen-bond donors (Lipinski definition) is 3. The summed E-state index contributed by atoms with van der Waals surface area (Å²) in [5.41, 5.74) is 7.79. The van der Waals surface area contributed by atoms with E-state index in [1.54, 1.807) is 0 Å². The van der Waals surface area contributed by atoms with E-state index in [0.717, 1.165) is 83.0 Å². The van der Waals surface area contributed by atoms with E-state index in [4.69, 9.17) is 4.98 Å². The highest BCUT2D eigenvalue weighted by Gasteiger charge is 2.17. The van der Waals surface area contributed by atoms with Crippen molar-refractivity contribution in [3.8, 4) is 22.6 Å². The van der Waals surface area contributed by atoms with E-state index in [1.807, 2.05) is 25.6 Å². The van der Waals surface area contributed by atoms with Crippen LogP contribution in [-0.2, 0) is 6.54 Å². The van der Waals surface area contributed by atoms with Gasteiger partial charge in [0, 0.05) is 68.1 Å². The Morgan fingerprint density at radius 1 is 1.00 bits per heavy atom. The van der Waals surface area contributed by atoms with Crippen LogP contribution in [0.15, 0.2) is 48.9 Å². The Morgan fingerprint density at radius 3 is 2.71 bits per heavy atom. The van der Waals surface area contributed by atoms with Crippen LogP contribution in [0.3, 0.4) is 0 Å². The number of nitrogens with zero attached hydrogens (tertiary/aromatic N) is 6. The van der Waals surface area contributed by atoms with Crippen LogP contribution < -0.4 is 10.2 Å². The standard InChI is InChI=1S/C25H27N9/c1-26-12-16-9-17(14-27-13-16)18-10-20-23(31-32-24(20)28-15-18)25-29-21-4-3-19(11-22(21)30-25)34-7-5-33(2)6-8-34/h3-4,9-11,13-15,26H,5-8,12H2,1-2H3,(H,29,30)(H,28,31,32). The van der Waals surface area contributed by atoms with Gasteiger partial charge < -0.3 is 20.1 Å². The first-order valence-electron chi connectivity index (χ1n) is 11.5. The fraction of sp³-hybridized carbons (Fsp3) is 0.280. The Morgan fingerprint density at radius 2 is 1.85 bits per heavy atom. The van der Waals surface area contributed by atoms with Crippen LogP contribution in [0.1, 0.15) is 5.56 Å². The first kappa shape index (κ1) is 20.8. The predicted molar refractivity (Wildman–Crippen MR) is 135 cm³/mol. The van der Waals surface area contributed by atoms with Gasteiger partial charge in [-0.15, -0.1) is 0 Å². The minimum atomic E-state index is 0.733. The second kappa shape index (κ2) is 8.51. The van der Waals surface area contributed by atoms with E-state index in [-0.39, 0.29) is 0 Å². The van der Waals surface area contributed by atoms with Gasteiger partial charge in [0.1, 0.15) is 5.69 Å². The van der Waals surface area contributed by atoms with E-state index < -0.39 is 0 Å². The molecule has 5 aromatic rings. The van der Waals surface area contributed by atoms with Crippen molar-refractivity contribution in [2.45, 2.75) is 6.54 Å². The van der Waals surface area contributed by atoms with Crippen molar-refractivity contribution in [3.05, 3.63) is 54.5 Å². The zero-order valence-electron chi connectivity index (χ0n) is 19.3. The molecule has 4 aromatic heterocycles. The molecule has 9 nitrogen and oxygen atoms in total. The van der Waals surface area contributed by atoms with Crippen LogP contribution in [0.25, 0.3) is 44.7 Å². The van der Waals surface area contributed by atoms with E-state index in [1.165, 1.54) is 5.69 Å². The lowest BCUT2D eigenvalue weighted by Crippen LogP contribution is -2.44. The van der Waals surface area contributed by atoms with Gasteiger partial charge in [-0.2, -0.15) is 5.10 Å². The number of hydrogen-bond acceptors (Lipinski definition) is 7. The van der Waals surface area contributed by atoms with Crippen molar-refractivity contribution >= 4 is 27.8 Å². The molecule has 9 heteroatoms. The highest BCUT2D eigenvalue weighted by molar-refractivity contribution is 5.93. The normalized spacial score (nSPS) is 14.9. The van der Waals surface area contributed by atoms with Gasteiger partial charge >= 0.3 is 0 Å². The number of benzene rings is 1. The number of imidazole rings is 1. The van der Waals surface area contributed by atoms with Gasteiger partial charge in [-0.3, -0.25) is 10.1 Å². The van der Waals surface area contributed by atoms with Gasteiger partial charge in [0.2, 0.25) is 0 Å². The Balaban J connectivity index is 1.36. The number of H-pyrrole nitrogens is 2. The smallest absolute Gasteiger partial charge is 0.159 e. The number of likely N-dealkylation sites (N-methyl/N-ethyl adjacent to an activating group) is 1. The molecule has 34 heavy (non-hydrogen) atoms. The van der Waals surface area contributed by atoms with Crippen molar-refractivity contribution in [3.63, 3.8) is 0 Å². The van der Waals surface area contributed by atoms with Crippen LogP contribution in [0.4, 0.5) is 5.69 Å². The molecular weight excluding hydrogens is 426 g/mol. The van der Waals surface area contributed by atoms with Gasteiger partial charge in [0.05, 0.1) is 16.4 Å². The fourth-order valence-corrected chi connectivity index (χ4v) is 4.56. The molecule has 0 unspecified atom stereocenters. The summed E-state index contributed by atoms with van der Waals surface area (Å²) < 4.78 is 0. The molecule has 3 N–H and O–H groups in total. The van der Waals surface area contributed by atoms with Crippen molar-refractivity contribution in [2.75, 3.05) is 45.2 Å². The Labute approximate surface area is 197 Å². The minimum absolute atomic E-state index is 0.733. The summed E-state index contributed by atoms with van der Waals surface area (Å²) in [5.74, 6) is 0.734. The average Bonchev–Trinajstić information content (AvgIpc) is 3.48. The highest BCUT2D eigenvalue weighted by Crippen LogP contribution is 2.30. The molecule has 6 rings (SSSR count). The van der Waals surface area contributed by atoms with Gasteiger partial charge in [0.25, 0.3) is 0 Å². The number of anilines is 1. The molecule has 0 atom stereocenters. The van der Waals surface area contributed by atoms with Crippen molar-refractivity contribution in [2.24, 2.45) is 0 Å². The number of nitrogens with one attached hydrogen (secondary N) is 3. The molecule has 0 bridgehead atoms. The number of aromatic nitrogens is 6. The fourth-order valence-electron chi connectivity index (χ4n) is 4.56. The topological polar surface area (TPSA) is 102 Å². The molecule has 5 heterocycles. The molecular formula is C25H27N9. The van der Waals surface area contributed by atoms with Crippen LogP contribution in [0.2, 0.25) is 0 Å². The number of rotatable bonds is 5. The maximum Gasteiger partial charge on any atom is 0.159 e. The Bertz CT molecular complexity index is 1460. The van der Waals surface area contributed by atoms with Crippen LogP contribution in [0.5, 0.6) is 0 Å². The van der Waals surface area contributed by atoms with Gasteiger partial charge in [-0.05, 0) is 50.0 Å². The number of pyridine rings is 2. The third-order valence-electron chi connectivity index (χ3n) is 6.48. The Kier molecular flexibility index (Phi) is 5.20. The monoisotopic (exact) mass is 453 g/mol. The molecule has 1 aliphatic heterocycles. The van der Waals surface area contributed by atoms with Crippen molar-refractivity contribution < 1.29 is 0 Å². The zero-order chi connectivity index (χ0) is 23.1. The number of aromatic amines is 2. The van der Waals surface area contributed by atoms with E-state index >= 15 is 0 Å². The molecule has 0 radical (unpaired) electrons. The molecule has 1 saturated heterocycles. The highest BCUT2D eigenvalue weighted by atomic mass is 15.2. The third kappa shape index (κ3) is 3.78. The lowest BCUT2D eigenvalue weighted by Gasteiger charge is -2.34. The molecule has 0 saturated carbocycles. The summed E-state index contributed by atoms with van der Waals surface area (Å²) in [5, 5.41) is 11.7.